The van der Waals surface area contributed by atoms with Crippen LogP contribution in [0.1, 0.15) is 33.3 Å². The molecular formula is C13H18BrNO2S. The molecule has 0 heterocycles. The largest absolute Gasteiger partial charge is 0.591 e. The van der Waals surface area contributed by atoms with Crippen LogP contribution in [0.2, 0.25) is 0 Å². The lowest BCUT2D eigenvalue weighted by atomic mass is 10.1. The van der Waals surface area contributed by atoms with Crippen molar-refractivity contribution < 1.29 is 9.29 Å². The van der Waals surface area contributed by atoms with Crippen LogP contribution in [0.4, 0.5) is 0 Å². The van der Waals surface area contributed by atoms with Crippen molar-refractivity contribution in [3.8, 4) is 5.75 Å². The van der Waals surface area contributed by atoms with Crippen molar-refractivity contribution in [3.05, 3.63) is 28.2 Å². The van der Waals surface area contributed by atoms with Crippen molar-refractivity contribution in [1.82, 2.24) is 0 Å². The Morgan fingerprint density at radius 2 is 2.00 bits per heavy atom. The number of nitrogens with zero attached hydrogens (tertiary/aromatic N) is 1. The topological polar surface area (TPSA) is 44.6 Å². The summed E-state index contributed by atoms with van der Waals surface area (Å²) in [5, 5.41) is 0. The summed E-state index contributed by atoms with van der Waals surface area (Å²) in [4.78, 5) is 0. The van der Waals surface area contributed by atoms with Crippen molar-refractivity contribution in [2.24, 2.45) is 4.40 Å². The van der Waals surface area contributed by atoms with Gasteiger partial charge in [-0.25, -0.2) is 0 Å². The number of ether oxygens (including phenoxy) is 1. The van der Waals surface area contributed by atoms with Gasteiger partial charge in [0.05, 0.1) is 12.8 Å². The Morgan fingerprint density at radius 1 is 1.39 bits per heavy atom. The van der Waals surface area contributed by atoms with E-state index in [2.05, 4.69) is 20.3 Å². The lowest BCUT2D eigenvalue weighted by Crippen LogP contribution is -2.26. The fraction of sp³-hybridized carbons (Fsp3) is 0.462. The zero-order chi connectivity index (χ0) is 13.9. The Kier molecular flexibility index (Phi) is 5.25. The molecule has 18 heavy (non-hydrogen) atoms. The van der Waals surface area contributed by atoms with Gasteiger partial charge in [0.2, 0.25) is 0 Å². The van der Waals surface area contributed by atoms with Gasteiger partial charge in [-0.3, -0.25) is 0 Å². The molecule has 0 aliphatic carbocycles. The summed E-state index contributed by atoms with van der Waals surface area (Å²) in [7, 11) is 1.61. The summed E-state index contributed by atoms with van der Waals surface area (Å²) in [6.07, 6.45) is 0. The number of halogens is 1. The van der Waals surface area contributed by atoms with Crippen molar-refractivity contribution in [2.75, 3.05) is 7.11 Å². The second-order valence-electron chi connectivity index (χ2n) is 4.88. The molecule has 1 atom stereocenters. The second kappa shape index (κ2) is 6.08. The Balaban J connectivity index is 3.11. The van der Waals surface area contributed by atoms with Crippen LogP contribution in [0.25, 0.3) is 0 Å². The Bertz CT molecular complexity index is 455. The molecule has 1 unspecified atom stereocenters. The van der Waals surface area contributed by atoms with E-state index in [-0.39, 0.29) is 4.75 Å². The molecule has 0 fully saturated rings. The molecule has 0 saturated heterocycles. The highest BCUT2D eigenvalue weighted by molar-refractivity contribution is 9.10. The van der Waals surface area contributed by atoms with Gasteiger partial charge in [-0.05, 0) is 45.9 Å². The Hall–Kier alpha value is -0.520. The van der Waals surface area contributed by atoms with Crippen LogP contribution in [-0.2, 0) is 11.4 Å². The molecule has 0 N–H and O–H groups in total. The molecule has 0 saturated carbocycles. The number of hydrogen-bond donors (Lipinski definition) is 0. The smallest absolute Gasteiger partial charge is 0.144 e. The first-order chi connectivity index (χ1) is 8.25. The maximum atomic E-state index is 12.0. The zero-order valence-corrected chi connectivity index (χ0v) is 13.7. The number of hydrogen-bond acceptors (Lipinski definition) is 3. The minimum atomic E-state index is -1.26. The Morgan fingerprint density at radius 3 is 2.50 bits per heavy atom. The molecule has 0 spiro atoms. The predicted molar refractivity (Wildman–Crippen MR) is 80.8 cm³/mol. The highest BCUT2D eigenvalue weighted by Gasteiger charge is 2.27. The lowest BCUT2D eigenvalue weighted by Gasteiger charge is -2.19. The average Bonchev–Trinajstić information content (AvgIpc) is 2.27. The summed E-state index contributed by atoms with van der Waals surface area (Å²) >= 11 is 2.13. The standard InChI is InChI=1S/C13H18BrNO2S/c1-9(15-18(16)13(2,3)4)11-7-6-10(14)8-12(11)17-5/h6-8H,1-5H3/b15-9+. The van der Waals surface area contributed by atoms with Crippen LogP contribution >= 0.6 is 15.9 Å². The van der Waals surface area contributed by atoms with Gasteiger partial charge in [0, 0.05) is 10.0 Å². The number of methoxy groups -OCH3 is 1. The lowest BCUT2D eigenvalue weighted by molar-refractivity contribution is 0.413. The van der Waals surface area contributed by atoms with Crippen LogP contribution in [0.15, 0.2) is 27.1 Å². The molecule has 1 aromatic rings. The average molecular weight is 332 g/mol. The maximum Gasteiger partial charge on any atom is 0.144 e. The summed E-state index contributed by atoms with van der Waals surface area (Å²) in [5.41, 5.74) is 1.57. The normalized spacial score (nSPS) is 14.5. The van der Waals surface area contributed by atoms with Gasteiger partial charge < -0.3 is 9.29 Å². The molecule has 0 aliphatic heterocycles. The van der Waals surface area contributed by atoms with E-state index in [1.54, 1.807) is 7.11 Å². The van der Waals surface area contributed by atoms with Crippen molar-refractivity contribution in [3.63, 3.8) is 0 Å². The van der Waals surface area contributed by atoms with Crippen molar-refractivity contribution >= 4 is 33.0 Å². The molecular weight excluding hydrogens is 314 g/mol. The van der Waals surface area contributed by atoms with Crippen LogP contribution in [0.5, 0.6) is 5.75 Å². The molecule has 0 amide bonds. The summed E-state index contributed by atoms with van der Waals surface area (Å²) < 4.78 is 22.1. The van der Waals surface area contributed by atoms with Crippen LogP contribution < -0.4 is 4.74 Å². The summed E-state index contributed by atoms with van der Waals surface area (Å²) in [5.74, 6) is 0.719. The SMILES string of the molecule is COc1cc(Br)ccc1/C(C)=N/[S+]([O-])C(C)(C)C. The minimum absolute atomic E-state index is 0.357. The molecule has 1 aromatic carbocycles. The first kappa shape index (κ1) is 15.5. The van der Waals surface area contributed by atoms with E-state index >= 15 is 0 Å². The fourth-order valence-corrected chi connectivity index (χ4v) is 2.24. The maximum absolute atomic E-state index is 12.0. The molecule has 1 rings (SSSR count). The van der Waals surface area contributed by atoms with E-state index in [1.807, 2.05) is 45.9 Å². The second-order valence-corrected chi connectivity index (χ2v) is 7.70. The quantitative estimate of drug-likeness (QED) is 0.625. The molecule has 0 radical (unpaired) electrons. The molecule has 3 nitrogen and oxygen atoms in total. The van der Waals surface area contributed by atoms with Gasteiger partial charge >= 0.3 is 0 Å². The molecule has 5 heteroatoms. The molecule has 100 valence electrons. The summed E-state index contributed by atoms with van der Waals surface area (Å²) in [6, 6.07) is 5.69. The minimum Gasteiger partial charge on any atom is -0.591 e. The third kappa shape index (κ3) is 4.00. The van der Waals surface area contributed by atoms with E-state index < -0.39 is 11.4 Å². The van der Waals surface area contributed by atoms with E-state index in [9.17, 15) is 4.55 Å². The van der Waals surface area contributed by atoms with Gasteiger partial charge in [0.1, 0.15) is 21.9 Å². The van der Waals surface area contributed by atoms with Gasteiger partial charge in [-0.2, -0.15) is 0 Å². The Labute approximate surface area is 120 Å². The van der Waals surface area contributed by atoms with Crippen molar-refractivity contribution in [1.29, 1.82) is 0 Å². The van der Waals surface area contributed by atoms with Crippen LogP contribution in [0.3, 0.4) is 0 Å². The van der Waals surface area contributed by atoms with E-state index in [1.165, 1.54) is 0 Å². The summed E-state index contributed by atoms with van der Waals surface area (Å²) in [6.45, 7) is 7.55. The highest BCUT2D eigenvalue weighted by Crippen LogP contribution is 2.25. The van der Waals surface area contributed by atoms with E-state index in [0.29, 0.717) is 5.71 Å². The van der Waals surface area contributed by atoms with Gasteiger partial charge in [-0.1, -0.05) is 20.3 Å². The predicted octanol–water partition coefficient (Wildman–Crippen LogP) is 3.73. The molecule has 0 bridgehead atoms. The monoisotopic (exact) mass is 331 g/mol. The highest BCUT2D eigenvalue weighted by atomic mass is 79.9. The van der Waals surface area contributed by atoms with Gasteiger partial charge in [-0.15, -0.1) is 0 Å². The molecule has 0 aliphatic rings. The van der Waals surface area contributed by atoms with Crippen LogP contribution in [0, 0.1) is 0 Å². The first-order valence-electron chi connectivity index (χ1n) is 5.57. The van der Waals surface area contributed by atoms with E-state index in [4.69, 9.17) is 4.74 Å². The number of benzene rings is 1. The van der Waals surface area contributed by atoms with Crippen molar-refractivity contribution in [2.45, 2.75) is 32.4 Å². The zero-order valence-electron chi connectivity index (χ0n) is 11.3. The third-order valence-corrected chi connectivity index (χ3v) is 4.28. The van der Waals surface area contributed by atoms with Gasteiger partial charge in [0.15, 0.2) is 0 Å². The van der Waals surface area contributed by atoms with Crippen LogP contribution in [-0.4, -0.2) is 22.1 Å². The van der Waals surface area contributed by atoms with Gasteiger partial charge in [0.25, 0.3) is 0 Å². The number of rotatable bonds is 3. The third-order valence-electron chi connectivity index (χ3n) is 2.30. The fourth-order valence-electron chi connectivity index (χ4n) is 1.27. The van der Waals surface area contributed by atoms with E-state index in [0.717, 1.165) is 15.8 Å². The first-order valence-corrected chi connectivity index (χ1v) is 7.47. The molecule has 0 aromatic heterocycles.